The quantitative estimate of drug-likeness (QED) is 0.533. The molecule has 3 rings (SSSR count). The monoisotopic (exact) mass is 428 g/mol. The minimum atomic E-state index is 0.282. The maximum absolute atomic E-state index is 6.39. The van der Waals surface area contributed by atoms with Crippen molar-refractivity contribution in [3.05, 3.63) is 38.6 Å². The van der Waals surface area contributed by atoms with Crippen LogP contribution in [0.1, 0.15) is 25.5 Å². The average molecular weight is 429 g/mol. The van der Waals surface area contributed by atoms with Gasteiger partial charge in [-0.25, -0.2) is 4.98 Å². The van der Waals surface area contributed by atoms with Crippen molar-refractivity contribution in [3.8, 4) is 17.1 Å². The Morgan fingerprint density at radius 2 is 2.00 bits per heavy atom. The fourth-order valence-corrected chi connectivity index (χ4v) is 3.18. The van der Waals surface area contributed by atoms with Gasteiger partial charge in [-0.3, -0.25) is 0 Å². The first-order valence-electron chi connectivity index (χ1n) is 6.81. The van der Waals surface area contributed by atoms with Crippen LogP contribution in [0.3, 0.4) is 0 Å². The molecule has 0 bridgehead atoms. The van der Waals surface area contributed by atoms with Gasteiger partial charge in [-0.1, -0.05) is 30.6 Å². The van der Waals surface area contributed by atoms with Gasteiger partial charge in [-0.05, 0) is 40.8 Å². The van der Waals surface area contributed by atoms with Crippen LogP contribution in [0.5, 0.6) is 5.75 Å². The zero-order valence-corrected chi connectivity index (χ0v) is 15.3. The number of aromatic nitrogens is 2. The van der Waals surface area contributed by atoms with E-state index < -0.39 is 0 Å². The Labute approximate surface area is 146 Å². The molecule has 114 valence electrons. The lowest BCUT2D eigenvalue weighted by atomic mass is 10.1. The highest BCUT2D eigenvalue weighted by atomic mass is 127. The summed E-state index contributed by atoms with van der Waals surface area (Å²) in [6, 6.07) is 7.71. The third-order valence-corrected chi connectivity index (χ3v) is 4.67. The fourth-order valence-electron chi connectivity index (χ4n) is 2.17. The van der Waals surface area contributed by atoms with Crippen molar-refractivity contribution in [2.24, 2.45) is 0 Å². The molecule has 0 amide bonds. The largest absolute Gasteiger partial charge is 0.495 e. The summed E-state index contributed by atoms with van der Waals surface area (Å²) >= 11 is 8.67. The second-order valence-electron chi connectivity index (χ2n) is 5.24. The molecular weight excluding hydrogens is 415 g/mol. The molecule has 0 atom stereocenters. The molecule has 1 aromatic carbocycles. The molecule has 0 saturated heterocycles. The minimum absolute atomic E-state index is 0.282. The molecule has 2 heterocycles. The smallest absolute Gasteiger partial charge is 0.139 e. The van der Waals surface area contributed by atoms with Crippen LogP contribution in [0.4, 0.5) is 0 Å². The van der Waals surface area contributed by atoms with Gasteiger partial charge in [0.05, 0.1) is 18.3 Å². The maximum Gasteiger partial charge on any atom is 0.139 e. The highest BCUT2D eigenvalue weighted by Gasteiger charge is 2.15. The Hall–Kier alpha value is -1.34. The number of ether oxygens (including phenoxy) is 1. The number of hydrogen-bond acceptors (Lipinski definition) is 4. The molecule has 0 unspecified atom stereocenters. The Morgan fingerprint density at radius 3 is 2.64 bits per heavy atom. The Kier molecular flexibility index (Phi) is 4.27. The highest BCUT2D eigenvalue weighted by Crippen LogP contribution is 2.35. The summed E-state index contributed by atoms with van der Waals surface area (Å²) < 4.78 is 11.7. The molecular formula is C16H14ClIN2O2. The number of fused-ring (bicyclic) bond motifs is 1. The molecule has 6 heteroatoms. The van der Waals surface area contributed by atoms with Crippen molar-refractivity contribution in [2.75, 3.05) is 7.11 Å². The molecule has 2 aromatic heterocycles. The summed E-state index contributed by atoms with van der Waals surface area (Å²) in [6.07, 6.45) is 0. The van der Waals surface area contributed by atoms with E-state index in [2.05, 4.69) is 46.6 Å². The zero-order valence-electron chi connectivity index (χ0n) is 12.4. The summed E-state index contributed by atoms with van der Waals surface area (Å²) in [7, 11) is 1.59. The Balaban J connectivity index is 2.20. The van der Waals surface area contributed by atoms with Crippen LogP contribution in [0.15, 0.2) is 28.8 Å². The first-order chi connectivity index (χ1) is 10.5. The fraction of sp³-hybridized carbons (Fsp3) is 0.250. The van der Waals surface area contributed by atoms with E-state index in [-0.39, 0.29) is 5.92 Å². The molecule has 22 heavy (non-hydrogen) atoms. The molecule has 0 radical (unpaired) electrons. The Bertz CT molecular complexity index is 846. The highest BCUT2D eigenvalue weighted by molar-refractivity contribution is 14.1. The molecule has 0 saturated carbocycles. The van der Waals surface area contributed by atoms with Crippen LogP contribution < -0.4 is 4.74 Å². The minimum Gasteiger partial charge on any atom is -0.495 e. The van der Waals surface area contributed by atoms with Gasteiger partial charge in [0, 0.05) is 20.9 Å². The topological polar surface area (TPSA) is 48.2 Å². The number of hydrogen-bond donors (Lipinski definition) is 0. The second kappa shape index (κ2) is 6.04. The van der Waals surface area contributed by atoms with E-state index in [9.17, 15) is 0 Å². The molecule has 0 fully saturated rings. The maximum atomic E-state index is 6.39. The van der Waals surface area contributed by atoms with Gasteiger partial charge < -0.3 is 9.26 Å². The second-order valence-corrected chi connectivity index (χ2v) is 6.78. The molecule has 0 N–H and O–H groups in total. The number of benzene rings is 1. The van der Waals surface area contributed by atoms with Crippen LogP contribution in [-0.2, 0) is 0 Å². The molecule has 0 aliphatic rings. The molecule has 0 aliphatic carbocycles. The first-order valence-corrected chi connectivity index (χ1v) is 8.26. The van der Waals surface area contributed by atoms with Crippen molar-refractivity contribution >= 4 is 45.1 Å². The lowest BCUT2D eigenvalue weighted by Gasteiger charge is -2.08. The number of pyridine rings is 1. The van der Waals surface area contributed by atoms with Crippen LogP contribution in [0.25, 0.3) is 22.3 Å². The van der Waals surface area contributed by atoms with Gasteiger partial charge in [-0.15, -0.1) is 0 Å². The van der Waals surface area contributed by atoms with Crippen molar-refractivity contribution in [1.29, 1.82) is 0 Å². The van der Waals surface area contributed by atoms with Crippen molar-refractivity contribution in [2.45, 2.75) is 19.8 Å². The summed E-state index contributed by atoms with van der Waals surface area (Å²) in [5, 5.41) is 5.61. The lowest BCUT2D eigenvalue weighted by Crippen LogP contribution is -1.92. The van der Waals surface area contributed by atoms with E-state index in [0.717, 1.165) is 20.4 Å². The predicted octanol–water partition coefficient (Wildman–Crippen LogP) is 5.28. The van der Waals surface area contributed by atoms with Gasteiger partial charge >= 0.3 is 0 Å². The van der Waals surface area contributed by atoms with Gasteiger partial charge in [0.1, 0.15) is 22.2 Å². The third-order valence-electron chi connectivity index (χ3n) is 3.41. The standard InChI is InChI=1S/C16H14ClIN2O2/c1-8(2)14-7-12(20-22-14)11-6-10(18)9-4-5-13(21-3)15(17)16(9)19-11/h4-8H,1-3H3. The molecule has 0 spiro atoms. The Morgan fingerprint density at radius 1 is 1.23 bits per heavy atom. The van der Waals surface area contributed by atoms with Crippen molar-refractivity contribution < 1.29 is 9.26 Å². The molecule has 0 aliphatic heterocycles. The number of halogens is 2. The summed E-state index contributed by atoms with van der Waals surface area (Å²) in [5.74, 6) is 1.73. The van der Waals surface area contributed by atoms with Gasteiger partial charge in [0.25, 0.3) is 0 Å². The summed E-state index contributed by atoms with van der Waals surface area (Å²) in [6.45, 7) is 4.12. The third kappa shape index (κ3) is 2.67. The number of nitrogens with zero attached hydrogens (tertiary/aromatic N) is 2. The van der Waals surface area contributed by atoms with E-state index in [1.807, 2.05) is 24.3 Å². The molecule has 3 aromatic rings. The van der Waals surface area contributed by atoms with E-state index in [0.29, 0.717) is 22.0 Å². The van der Waals surface area contributed by atoms with E-state index in [4.69, 9.17) is 20.9 Å². The normalized spacial score (nSPS) is 11.4. The summed E-state index contributed by atoms with van der Waals surface area (Å²) in [5.41, 5.74) is 2.15. The lowest BCUT2D eigenvalue weighted by molar-refractivity contribution is 0.373. The zero-order chi connectivity index (χ0) is 15.9. The van der Waals surface area contributed by atoms with E-state index in [1.165, 1.54) is 0 Å². The molecule has 4 nitrogen and oxygen atoms in total. The van der Waals surface area contributed by atoms with Gasteiger partial charge in [0.15, 0.2) is 0 Å². The SMILES string of the molecule is COc1ccc2c(I)cc(-c3cc(C(C)C)on3)nc2c1Cl. The number of rotatable bonds is 3. The predicted molar refractivity (Wildman–Crippen MR) is 95.6 cm³/mol. The van der Waals surface area contributed by atoms with E-state index >= 15 is 0 Å². The average Bonchev–Trinajstić information content (AvgIpc) is 2.98. The van der Waals surface area contributed by atoms with Crippen LogP contribution >= 0.6 is 34.2 Å². The number of methoxy groups -OCH3 is 1. The summed E-state index contributed by atoms with van der Waals surface area (Å²) in [4.78, 5) is 4.65. The van der Waals surface area contributed by atoms with Crippen molar-refractivity contribution in [1.82, 2.24) is 10.1 Å². The van der Waals surface area contributed by atoms with Gasteiger partial charge in [0.2, 0.25) is 0 Å². The van der Waals surface area contributed by atoms with E-state index in [1.54, 1.807) is 7.11 Å². The van der Waals surface area contributed by atoms with Crippen molar-refractivity contribution in [3.63, 3.8) is 0 Å². The first kappa shape index (κ1) is 15.6. The van der Waals surface area contributed by atoms with Crippen LogP contribution in [0.2, 0.25) is 5.02 Å². The van der Waals surface area contributed by atoms with Crippen LogP contribution in [0, 0.1) is 3.57 Å². The van der Waals surface area contributed by atoms with Crippen LogP contribution in [-0.4, -0.2) is 17.3 Å². The van der Waals surface area contributed by atoms with Gasteiger partial charge in [-0.2, -0.15) is 0 Å².